The van der Waals surface area contributed by atoms with Gasteiger partial charge in [-0.15, -0.1) is 0 Å². The molecule has 0 saturated carbocycles. The maximum atomic E-state index is 12.8. The number of thiocarbonyl (C=S) groups is 1. The van der Waals surface area contributed by atoms with Gasteiger partial charge in [-0.05, 0) is 49.0 Å². The zero-order chi connectivity index (χ0) is 21.7. The fourth-order valence-corrected chi connectivity index (χ4v) is 4.90. The summed E-state index contributed by atoms with van der Waals surface area (Å²) < 4.78 is 11.1. The Hall–Kier alpha value is -2.06. The number of rotatable bonds is 7. The number of hydrogen-bond acceptors (Lipinski definition) is 6. The lowest BCUT2D eigenvalue weighted by Gasteiger charge is -2.30. The molecule has 2 aliphatic heterocycles. The largest absolute Gasteiger partial charge is 0.493 e. The Bertz CT molecular complexity index is 848. The van der Waals surface area contributed by atoms with E-state index < -0.39 is 0 Å². The zero-order valence-electron chi connectivity index (χ0n) is 17.7. The van der Waals surface area contributed by atoms with Crippen molar-refractivity contribution in [3.63, 3.8) is 0 Å². The van der Waals surface area contributed by atoms with E-state index in [2.05, 4.69) is 6.92 Å². The Balaban J connectivity index is 1.57. The molecule has 30 heavy (non-hydrogen) atoms. The van der Waals surface area contributed by atoms with Crippen LogP contribution in [0.4, 0.5) is 0 Å². The third-order valence-corrected chi connectivity index (χ3v) is 6.87. The van der Waals surface area contributed by atoms with Crippen LogP contribution < -0.4 is 9.47 Å². The van der Waals surface area contributed by atoms with Gasteiger partial charge in [-0.3, -0.25) is 14.5 Å². The predicted octanol–water partition coefficient (Wildman–Crippen LogP) is 3.94. The van der Waals surface area contributed by atoms with Gasteiger partial charge in [-0.2, -0.15) is 0 Å². The van der Waals surface area contributed by atoms with E-state index in [0.717, 1.165) is 31.5 Å². The minimum atomic E-state index is -0.112. The van der Waals surface area contributed by atoms with Gasteiger partial charge in [0.15, 0.2) is 11.5 Å². The first-order valence-electron chi connectivity index (χ1n) is 10.2. The van der Waals surface area contributed by atoms with E-state index in [1.54, 1.807) is 31.3 Å². The molecular formula is C22H28N2O4S2. The third-order valence-electron chi connectivity index (χ3n) is 5.49. The average Bonchev–Trinajstić information content (AvgIpc) is 3.01. The number of nitrogens with zero attached hydrogens (tertiary/aromatic N) is 2. The summed E-state index contributed by atoms with van der Waals surface area (Å²) in [5, 5.41) is 0. The Morgan fingerprint density at radius 2 is 1.93 bits per heavy atom. The van der Waals surface area contributed by atoms with Gasteiger partial charge in [-0.1, -0.05) is 37.0 Å². The van der Waals surface area contributed by atoms with Crippen molar-refractivity contribution in [3.05, 3.63) is 28.7 Å². The van der Waals surface area contributed by atoms with E-state index in [-0.39, 0.29) is 11.8 Å². The summed E-state index contributed by atoms with van der Waals surface area (Å²) in [4.78, 5) is 29.3. The van der Waals surface area contributed by atoms with Crippen molar-refractivity contribution in [3.8, 4) is 11.5 Å². The van der Waals surface area contributed by atoms with E-state index in [1.807, 2.05) is 17.0 Å². The molecule has 3 rings (SSSR count). The molecule has 6 nitrogen and oxygen atoms in total. The summed E-state index contributed by atoms with van der Waals surface area (Å²) in [7, 11) is 3.16. The van der Waals surface area contributed by atoms with Crippen LogP contribution in [0.3, 0.4) is 0 Å². The van der Waals surface area contributed by atoms with Crippen LogP contribution in [0.25, 0.3) is 6.08 Å². The number of carbonyl (C=O) groups excluding carboxylic acids is 2. The highest BCUT2D eigenvalue weighted by atomic mass is 32.2. The fourth-order valence-electron chi connectivity index (χ4n) is 3.59. The first-order valence-corrected chi connectivity index (χ1v) is 11.4. The van der Waals surface area contributed by atoms with Crippen molar-refractivity contribution in [2.45, 2.75) is 32.6 Å². The minimum absolute atomic E-state index is 0.112. The minimum Gasteiger partial charge on any atom is -0.493 e. The molecular weight excluding hydrogens is 420 g/mol. The van der Waals surface area contributed by atoms with Gasteiger partial charge in [0, 0.05) is 26.1 Å². The van der Waals surface area contributed by atoms with E-state index in [1.165, 1.54) is 11.8 Å². The number of ether oxygens (including phenoxy) is 2. The quantitative estimate of drug-likeness (QED) is 0.465. The average molecular weight is 449 g/mol. The van der Waals surface area contributed by atoms with Gasteiger partial charge >= 0.3 is 0 Å². The molecule has 1 aromatic rings. The molecule has 2 amide bonds. The number of benzene rings is 1. The summed E-state index contributed by atoms with van der Waals surface area (Å²) in [5.74, 6) is 2.00. The topological polar surface area (TPSA) is 59.1 Å². The smallest absolute Gasteiger partial charge is 0.266 e. The maximum Gasteiger partial charge on any atom is 0.266 e. The highest BCUT2D eigenvalue weighted by Crippen LogP contribution is 2.34. The molecule has 2 saturated heterocycles. The SMILES string of the molecule is COc1ccc(/C=C2\SC(=S)N(CCCC(=O)N3CCC(C)CC3)C2=O)cc1OC. The standard InChI is InChI=1S/C22H28N2O4S2/c1-15-8-11-23(12-9-15)20(25)5-4-10-24-21(26)19(30-22(24)29)14-16-6-7-17(27-2)18(13-16)28-3/h6-7,13-15H,4-5,8-12H2,1-3H3/b19-14-. The van der Waals surface area contributed by atoms with E-state index in [4.69, 9.17) is 21.7 Å². The van der Waals surface area contributed by atoms with Gasteiger partial charge in [0.1, 0.15) is 4.32 Å². The summed E-state index contributed by atoms with van der Waals surface area (Å²) >= 11 is 6.69. The van der Waals surface area contributed by atoms with Gasteiger partial charge in [0.2, 0.25) is 5.91 Å². The number of carbonyl (C=O) groups is 2. The molecule has 2 aliphatic rings. The normalized spacial score (nSPS) is 19.0. The number of piperidine rings is 1. The molecule has 0 bridgehead atoms. The molecule has 0 unspecified atom stereocenters. The highest BCUT2D eigenvalue weighted by molar-refractivity contribution is 8.26. The second-order valence-electron chi connectivity index (χ2n) is 7.61. The van der Waals surface area contributed by atoms with Gasteiger partial charge in [0.25, 0.3) is 5.91 Å². The Morgan fingerprint density at radius 3 is 2.60 bits per heavy atom. The van der Waals surface area contributed by atoms with Crippen LogP contribution in [0.5, 0.6) is 11.5 Å². The summed E-state index contributed by atoms with van der Waals surface area (Å²) in [5.41, 5.74) is 0.836. The van der Waals surface area contributed by atoms with Crippen molar-refractivity contribution >= 4 is 46.2 Å². The molecule has 0 spiro atoms. The number of methoxy groups -OCH3 is 2. The van der Waals surface area contributed by atoms with Crippen LogP contribution in [0.1, 0.15) is 38.2 Å². The van der Waals surface area contributed by atoms with Crippen LogP contribution in [-0.2, 0) is 9.59 Å². The number of amides is 2. The lowest BCUT2D eigenvalue weighted by molar-refractivity contribution is -0.133. The van der Waals surface area contributed by atoms with E-state index in [0.29, 0.717) is 46.0 Å². The first-order chi connectivity index (χ1) is 14.4. The van der Waals surface area contributed by atoms with Crippen LogP contribution in [0.2, 0.25) is 0 Å². The molecule has 0 N–H and O–H groups in total. The summed E-state index contributed by atoms with van der Waals surface area (Å²) in [6.07, 6.45) is 5.01. The lowest BCUT2D eigenvalue weighted by atomic mass is 9.99. The molecule has 0 atom stereocenters. The second-order valence-corrected chi connectivity index (χ2v) is 9.29. The third kappa shape index (κ3) is 5.35. The van der Waals surface area contributed by atoms with Gasteiger partial charge in [-0.25, -0.2) is 0 Å². The Morgan fingerprint density at radius 1 is 1.23 bits per heavy atom. The monoisotopic (exact) mass is 448 g/mol. The van der Waals surface area contributed by atoms with Gasteiger partial charge in [0.05, 0.1) is 19.1 Å². The van der Waals surface area contributed by atoms with Crippen LogP contribution in [0.15, 0.2) is 23.1 Å². The van der Waals surface area contributed by atoms with Crippen molar-refractivity contribution < 1.29 is 19.1 Å². The van der Waals surface area contributed by atoms with Crippen LogP contribution >= 0.6 is 24.0 Å². The molecule has 2 fully saturated rings. The van der Waals surface area contributed by atoms with E-state index >= 15 is 0 Å². The van der Waals surface area contributed by atoms with Crippen molar-refractivity contribution in [1.82, 2.24) is 9.80 Å². The molecule has 2 heterocycles. The van der Waals surface area contributed by atoms with Crippen molar-refractivity contribution in [2.24, 2.45) is 5.92 Å². The predicted molar refractivity (Wildman–Crippen MR) is 124 cm³/mol. The lowest BCUT2D eigenvalue weighted by Crippen LogP contribution is -2.38. The molecule has 0 radical (unpaired) electrons. The molecule has 162 valence electrons. The molecule has 0 aromatic heterocycles. The van der Waals surface area contributed by atoms with Crippen molar-refractivity contribution in [2.75, 3.05) is 33.9 Å². The number of hydrogen-bond donors (Lipinski definition) is 0. The summed E-state index contributed by atoms with van der Waals surface area (Å²) in [6.45, 7) is 4.38. The van der Waals surface area contributed by atoms with Crippen LogP contribution in [0, 0.1) is 5.92 Å². The molecule has 0 aliphatic carbocycles. The maximum absolute atomic E-state index is 12.8. The van der Waals surface area contributed by atoms with Crippen LogP contribution in [-0.4, -0.2) is 59.8 Å². The van der Waals surface area contributed by atoms with Gasteiger partial charge < -0.3 is 14.4 Å². The highest BCUT2D eigenvalue weighted by Gasteiger charge is 2.32. The second kappa shape index (κ2) is 10.3. The van der Waals surface area contributed by atoms with Crippen molar-refractivity contribution in [1.29, 1.82) is 0 Å². The first kappa shape index (κ1) is 22.6. The van der Waals surface area contributed by atoms with E-state index in [9.17, 15) is 9.59 Å². The fraction of sp³-hybridized carbons (Fsp3) is 0.500. The summed E-state index contributed by atoms with van der Waals surface area (Å²) in [6, 6.07) is 5.49. The molecule has 8 heteroatoms. The zero-order valence-corrected chi connectivity index (χ0v) is 19.3. The Labute approximate surface area is 187 Å². The Kier molecular flexibility index (Phi) is 7.77. The number of likely N-dealkylation sites (tertiary alicyclic amines) is 1. The number of thioether (sulfide) groups is 1. The molecule has 1 aromatic carbocycles.